The fourth-order valence-corrected chi connectivity index (χ4v) is 2.99. The Hall–Kier alpha value is -2.40. The Morgan fingerprint density at radius 1 is 1.14 bits per heavy atom. The Morgan fingerprint density at radius 2 is 2.00 bits per heavy atom. The number of fused-ring (bicyclic) bond motifs is 1. The van der Waals surface area contributed by atoms with Crippen molar-refractivity contribution < 1.29 is 14.3 Å². The zero-order valence-electron chi connectivity index (χ0n) is 11.6. The highest BCUT2D eigenvalue weighted by Gasteiger charge is 2.11. The molecule has 106 valence electrons. The van der Waals surface area contributed by atoms with Crippen LogP contribution in [0.4, 0.5) is 0 Å². The zero-order valence-corrected chi connectivity index (χ0v) is 12.4. The monoisotopic (exact) mass is 299 g/mol. The second-order valence-corrected chi connectivity index (χ2v) is 5.46. The molecule has 3 rings (SSSR count). The summed E-state index contributed by atoms with van der Waals surface area (Å²) in [5.74, 6) is 0.440. The van der Waals surface area contributed by atoms with E-state index in [0.29, 0.717) is 5.56 Å². The molecule has 0 aliphatic rings. The number of aromatic nitrogens is 1. The summed E-state index contributed by atoms with van der Waals surface area (Å²) in [5.41, 5.74) is 2.29. The van der Waals surface area contributed by atoms with Crippen LogP contribution >= 0.6 is 11.3 Å². The van der Waals surface area contributed by atoms with Gasteiger partial charge in [0.05, 0.1) is 30.0 Å². The summed E-state index contributed by atoms with van der Waals surface area (Å²) in [5, 5.41) is 0.894. The molecule has 3 aromatic rings. The molecule has 0 atom stereocenters. The lowest BCUT2D eigenvalue weighted by atomic mass is 10.2. The SMILES string of the molecule is COC(=O)c1ccc2sc(-c3cccc(OC)c3)nc2c1. The minimum Gasteiger partial charge on any atom is -0.497 e. The summed E-state index contributed by atoms with van der Waals surface area (Å²) < 4.78 is 11.0. The molecule has 1 heterocycles. The normalized spacial score (nSPS) is 10.6. The van der Waals surface area contributed by atoms with E-state index in [2.05, 4.69) is 4.98 Å². The van der Waals surface area contributed by atoms with Crippen LogP contribution in [-0.4, -0.2) is 25.2 Å². The van der Waals surface area contributed by atoms with Crippen LogP contribution in [0.15, 0.2) is 42.5 Å². The van der Waals surface area contributed by atoms with E-state index in [1.54, 1.807) is 30.6 Å². The highest BCUT2D eigenvalue weighted by Crippen LogP contribution is 2.32. The number of ether oxygens (including phenoxy) is 2. The first kappa shape index (κ1) is 13.6. The molecule has 0 amide bonds. The summed E-state index contributed by atoms with van der Waals surface area (Å²) in [6, 6.07) is 13.2. The molecule has 0 aliphatic heterocycles. The fourth-order valence-electron chi connectivity index (χ4n) is 2.05. The molecule has 0 saturated carbocycles. The van der Waals surface area contributed by atoms with E-state index in [1.165, 1.54) is 7.11 Å². The average Bonchev–Trinajstić information content (AvgIpc) is 2.97. The maximum absolute atomic E-state index is 11.6. The molecular weight excluding hydrogens is 286 g/mol. The van der Waals surface area contributed by atoms with Gasteiger partial charge in [0.15, 0.2) is 0 Å². The number of carbonyl (C=O) groups is 1. The van der Waals surface area contributed by atoms with Gasteiger partial charge in [0.2, 0.25) is 0 Å². The summed E-state index contributed by atoms with van der Waals surface area (Å²) in [7, 11) is 3.01. The third-order valence-corrected chi connectivity index (χ3v) is 4.21. The first-order chi connectivity index (χ1) is 10.2. The number of carbonyl (C=O) groups excluding carboxylic acids is 1. The van der Waals surface area contributed by atoms with Crippen molar-refractivity contribution in [2.45, 2.75) is 0 Å². The largest absolute Gasteiger partial charge is 0.497 e. The fraction of sp³-hybridized carbons (Fsp3) is 0.125. The molecule has 0 fully saturated rings. The van der Waals surface area contributed by atoms with Crippen molar-refractivity contribution in [3.8, 4) is 16.3 Å². The first-order valence-corrected chi connectivity index (χ1v) is 7.16. The number of thiazole rings is 1. The second-order valence-electron chi connectivity index (χ2n) is 4.43. The Balaban J connectivity index is 2.06. The molecule has 0 N–H and O–H groups in total. The van der Waals surface area contributed by atoms with Gasteiger partial charge in [-0.15, -0.1) is 11.3 Å². The molecule has 0 unspecified atom stereocenters. The van der Waals surface area contributed by atoms with Crippen LogP contribution in [0, 0.1) is 0 Å². The number of hydrogen-bond donors (Lipinski definition) is 0. The van der Waals surface area contributed by atoms with Crippen LogP contribution in [0.2, 0.25) is 0 Å². The highest BCUT2D eigenvalue weighted by molar-refractivity contribution is 7.21. The lowest BCUT2D eigenvalue weighted by Gasteiger charge is -2.00. The molecule has 21 heavy (non-hydrogen) atoms. The lowest BCUT2D eigenvalue weighted by molar-refractivity contribution is 0.0601. The number of esters is 1. The second kappa shape index (κ2) is 5.54. The zero-order chi connectivity index (χ0) is 14.8. The van der Waals surface area contributed by atoms with Gasteiger partial charge in [-0.2, -0.15) is 0 Å². The maximum atomic E-state index is 11.6. The number of rotatable bonds is 3. The van der Waals surface area contributed by atoms with Crippen molar-refractivity contribution in [2.75, 3.05) is 14.2 Å². The van der Waals surface area contributed by atoms with Gasteiger partial charge >= 0.3 is 5.97 Å². The number of nitrogens with zero attached hydrogens (tertiary/aromatic N) is 1. The van der Waals surface area contributed by atoms with E-state index in [9.17, 15) is 4.79 Å². The van der Waals surface area contributed by atoms with E-state index in [-0.39, 0.29) is 5.97 Å². The number of methoxy groups -OCH3 is 2. The third kappa shape index (κ3) is 2.60. The van der Waals surface area contributed by atoms with Crippen LogP contribution in [0.1, 0.15) is 10.4 Å². The van der Waals surface area contributed by atoms with Gasteiger partial charge in [0.25, 0.3) is 0 Å². The van der Waals surface area contributed by atoms with Crippen LogP contribution < -0.4 is 4.74 Å². The van der Waals surface area contributed by atoms with Gasteiger partial charge in [-0.3, -0.25) is 0 Å². The quantitative estimate of drug-likeness (QED) is 0.691. The average molecular weight is 299 g/mol. The molecule has 2 aromatic carbocycles. The molecule has 0 aliphatic carbocycles. The van der Waals surface area contributed by atoms with Gasteiger partial charge in [0.1, 0.15) is 10.8 Å². The minimum absolute atomic E-state index is 0.354. The molecule has 0 bridgehead atoms. The maximum Gasteiger partial charge on any atom is 0.337 e. The summed E-state index contributed by atoms with van der Waals surface area (Å²) >= 11 is 1.58. The van der Waals surface area contributed by atoms with Crippen LogP contribution in [0.5, 0.6) is 5.75 Å². The van der Waals surface area contributed by atoms with E-state index in [1.807, 2.05) is 30.3 Å². The van der Waals surface area contributed by atoms with Crippen LogP contribution in [-0.2, 0) is 4.74 Å². The van der Waals surface area contributed by atoms with Crippen molar-refractivity contribution in [1.82, 2.24) is 4.98 Å². The molecule has 4 nitrogen and oxygen atoms in total. The standard InChI is InChI=1S/C16H13NO3S/c1-19-12-5-3-4-10(8-12)15-17-13-9-11(16(18)20-2)6-7-14(13)21-15/h3-9H,1-2H3. The van der Waals surface area contributed by atoms with Crippen LogP contribution in [0.25, 0.3) is 20.8 Å². The molecule has 0 radical (unpaired) electrons. The Kier molecular flexibility index (Phi) is 3.58. The van der Waals surface area contributed by atoms with Crippen LogP contribution in [0.3, 0.4) is 0 Å². The summed E-state index contributed by atoms with van der Waals surface area (Å²) in [6.45, 7) is 0. The van der Waals surface area contributed by atoms with Crippen molar-refractivity contribution >= 4 is 27.5 Å². The van der Waals surface area contributed by atoms with Gasteiger partial charge < -0.3 is 9.47 Å². The van der Waals surface area contributed by atoms with Crippen molar-refractivity contribution in [2.24, 2.45) is 0 Å². The predicted molar refractivity (Wildman–Crippen MR) is 82.9 cm³/mol. The van der Waals surface area contributed by atoms with E-state index in [4.69, 9.17) is 9.47 Å². The van der Waals surface area contributed by atoms with Gasteiger partial charge in [-0.25, -0.2) is 9.78 Å². The first-order valence-electron chi connectivity index (χ1n) is 6.34. The number of benzene rings is 2. The molecule has 5 heteroatoms. The van der Waals surface area contributed by atoms with E-state index in [0.717, 1.165) is 26.5 Å². The van der Waals surface area contributed by atoms with Crippen molar-refractivity contribution in [1.29, 1.82) is 0 Å². The molecule has 0 spiro atoms. The Labute approximate surface area is 126 Å². The third-order valence-electron chi connectivity index (χ3n) is 3.13. The smallest absolute Gasteiger partial charge is 0.337 e. The van der Waals surface area contributed by atoms with Crippen molar-refractivity contribution in [3.63, 3.8) is 0 Å². The van der Waals surface area contributed by atoms with Gasteiger partial charge in [-0.05, 0) is 30.3 Å². The Morgan fingerprint density at radius 3 is 2.76 bits per heavy atom. The van der Waals surface area contributed by atoms with E-state index >= 15 is 0 Å². The van der Waals surface area contributed by atoms with E-state index < -0.39 is 0 Å². The lowest BCUT2D eigenvalue weighted by Crippen LogP contribution is -2.00. The predicted octanol–water partition coefficient (Wildman–Crippen LogP) is 3.76. The molecular formula is C16H13NO3S. The molecule has 0 saturated heterocycles. The highest BCUT2D eigenvalue weighted by atomic mass is 32.1. The topological polar surface area (TPSA) is 48.4 Å². The minimum atomic E-state index is -0.354. The van der Waals surface area contributed by atoms with Gasteiger partial charge in [-0.1, -0.05) is 12.1 Å². The summed E-state index contributed by atoms with van der Waals surface area (Å²) in [6.07, 6.45) is 0. The van der Waals surface area contributed by atoms with Gasteiger partial charge in [0, 0.05) is 5.56 Å². The molecule has 1 aromatic heterocycles. The number of hydrogen-bond acceptors (Lipinski definition) is 5. The Bertz CT molecular complexity index is 810. The van der Waals surface area contributed by atoms with Crippen molar-refractivity contribution in [3.05, 3.63) is 48.0 Å². The summed E-state index contributed by atoms with van der Waals surface area (Å²) in [4.78, 5) is 16.1.